The van der Waals surface area contributed by atoms with E-state index in [9.17, 15) is 4.79 Å². The number of nitrogens with zero attached hydrogens (tertiary/aromatic N) is 4. The van der Waals surface area contributed by atoms with Gasteiger partial charge in [0.25, 0.3) is 0 Å². The fourth-order valence-electron chi connectivity index (χ4n) is 2.73. The van der Waals surface area contributed by atoms with Crippen molar-refractivity contribution in [3.8, 4) is 6.07 Å². The van der Waals surface area contributed by atoms with E-state index in [0.717, 1.165) is 24.3 Å². The first-order chi connectivity index (χ1) is 11.8. The number of nitriles is 1. The SMILES string of the molecule is N#Cc1cccc(N2CCN(C(=O)NCc3cccnc3)CC2)c1. The summed E-state index contributed by atoms with van der Waals surface area (Å²) in [6, 6.07) is 13.5. The Kier molecular flexibility index (Phi) is 4.92. The predicted molar refractivity (Wildman–Crippen MR) is 91.4 cm³/mol. The number of carbonyl (C=O) groups excluding carboxylic acids is 1. The standard InChI is InChI=1S/C18H19N5O/c19-12-15-3-1-5-17(11-15)22-7-9-23(10-8-22)18(24)21-14-16-4-2-6-20-13-16/h1-6,11,13H,7-10,14H2,(H,21,24). The molecule has 122 valence electrons. The van der Waals surface area contributed by atoms with Gasteiger partial charge in [-0.05, 0) is 29.8 Å². The summed E-state index contributed by atoms with van der Waals surface area (Å²) in [6.07, 6.45) is 3.46. The molecule has 0 unspecified atom stereocenters. The summed E-state index contributed by atoms with van der Waals surface area (Å²) in [5.74, 6) is 0. The van der Waals surface area contributed by atoms with Crippen LogP contribution >= 0.6 is 0 Å². The number of carbonyl (C=O) groups is 1. The number of pyridine rings is 1. The molecular weight excluding hydrogens is 302 g/mol. The van der Waals surface area contributed by atoms with Gasteiger partial charge in [-0.15, -0.1) is 0 Å². The van der Waals surface area contributed by atoms with Crippen LogP contribution in [0.15, 0.2) is 48.8 Å². The van der Waals surface area contributed by atoms with Gasteiger partial charge in [-0.25, -0.2) is 4.79 Å². The number of hydrogen-bond acceptors (Lipinski definition) is 4. The number of hydrogen-bond donors (Lipinski definition) is 1. The van der Waals surface area contributed by atoms with Gasteiger partial charge in [0.05, 0.1) is 11.6 Å². The molecule has 0 spiro atoms. The van der Waals surface area contributed by atoms with Gasteiger partial charge in [0.15, 0.2) is 0 Å². The molecule has 0 aliphatic carbocycles. The van der Waals surface area contributed by atoms with Crippen LogP contribution in [0.2, 0.25) is 0 Å². The predicted octanol–water partition coefficient (Wildman–Crippen LogP) is 1.99. The normalized spacial score (nSPS) is 14.1. The third-order valence-electron chi connectivity index (χ3n) is 4.07. The third kappa shape index (κ3) is 3.82. The molecule has 2 amide bonds. The molecule has 1 aliphatic rings. The van der Waals surface area contributed by atoms with E-state index in [1.807, 2.05) is 35.2 Å². The van der Waals surface area contributed by atoms with Gasteiger partial charge < -0.3 is 15.1 Å². The van der Waals surface area contributed by atoms with Gasteiger partial charge in [-0.2, -0.15) is 5.26 Å². The van der Waals surface area contributed by atoms with Gasteiger partial charge in [0, 0.05) is 50.8 Å². The van der Waals surface area contributed by atoms with Crippen molar-refractivity contribution in [1.82, 2.24) is 15.2 Å². The Bertz CT molecular complexity index is 733. The van der Waals surface area contributed by atoms with Crippen LogP contribution in [0, 0.1) is 11.3 Å². The third-order valence-corrected chi connectivity index (χ3v) is 4.07. The number of amides is 2. The Hall–Kier alpha value is -3.07. The van der Waals surface area contributed by atoms with Gasteiger partial charge in [0.2, 0.25) is 0 Å². The highest BCUT2D eigenvalue weighted by Gasteiger charge is 2.21. The second-order valence-corrected chi connectivity index (χ2v) is 5.66. The van der Waals surface area contributed by atoms with Crippen LogP contribution in [0.25, 0.3) is 0 Å². The first kappa shape index (κ1) is 15.8. The Labute approximate surface area is 141 Å². The maximum absolute atomic E-state index is 12.2. The van der Waals surface area contributed by atoms with E-state index >= 15 is 0 Å². The molecule has 2 aromatic rings. The van der Waals surface area contributed by atoms with E-state index in [0.29, 0.717) is 25.2 Å². The lowest BCUT2D eigenvalue weighted by atomic mass is 10.2. The molecule has 1 aromatic carbocycles. The maximum atomic E-state index is 12.2. The van der Waals surface area contributed by atoms with Crippen molar-refractivity contribution in [2.24, 2.45) is 0 Å². The van der Waals surface area contributed by atoms with Gasteiger partial charge in [-0.1, -0.05) is 12.1 Å². The van der Waals surface area contributed by atoms with E-state index < -0.39 is 0 Å². The molecular formula is C18H19N5O. The van der Waals surface area contributed by atoms with Gasteiger partial charge in [-0.3, -0.25) is 4.98 Å². The average molecular weight is 321 g/mol. The molecule has 6 heteroatoms. The van der Waals surface area contributed by atoms with Crippen LogP contribution in [0.1, 0.15) is 11.1 Å². The van der Waals surface area contributed by atoms with Crippen molar-refractivity contribution < 1.29 is 4.79 Å². The lowest BCUT2D eigenvalue weighted by Crippen LogP contribution is -2.51. The maximum Gasteiger partial charge on any atom is 0.317 e. The lowest BCUT2D eigenvalue weighted by molar-refractivity contribution is 0.194. The molecule has 0 radical (unpaired) electrons. The van der Waals surface area contributed by atoms with E-state index in [4.69, 9.17) is 5.26 Å². The minimum Gasteiger partial charge on any atom is -0.368 e. The molecule has 1 saturated heterocycles. The highest BCUT2D eigenvalue weighted by molar-refractivity contribution is 5.74. The summed E-state index contributed by atoms with van der Waals surface area (Å²) in [6.45, 7) is 3.33. The summed E-state index contributed by atoms with van der Waals surface area (Å²) in [5.41, 5.74) is 2.67. The van der Waals surface area contributed by atoms with Gasteiger partial charge in [0.1, 0.15) is 0 Å². The zero-order chi connectivity index (χ0) is 16.8. The van der Waals surface area contributed by atoms with Crippen LogP contribution in [0.3, 0.4) is 0 Å². The molecule has 0 saturated carbocycles. The number of benzene rings is 1. The highest BCUT2D eigenvalue weighted by atomic mass is 16.2. The minimum atomic E-state index is -0.0516. The first-order valence-corrected chi connectivity index (χ1v) is 7.93. The lowest BCUT2D eigenvalue weighted by Gasteiger charge is -2.36. The molecule has 1 aromatic heterocycles. The number of anilines is 1. The Morgan fingerprint density at radius 1 is 1.21 bits per heavy atom. The van der Waals surface area contributed by atoms with Gasteiger partial charge >= 0.3 is 6.03 Å². The fourth-order valence-corrected chi connectivity index (χ4v) is 2.73. The largest absolute Gasteiger partial charge is 0.368 e. The number of nitrogens with one attached hydrogen (secondary N) is 1. The Morgan fingerprint density at radius 2 is 2.04 bits per heavy atom. The van der Waals surface area contributed by atoms with E-state index in [1.165, 1.54) is 0 Å². The van der Waals surface area contributed by atoms with Crippen LogP contribution < -0.4 is 10.2 Å². The van der Waals surface area contributed by atoms with Crippen molar-refractivity contribution >= 4 is 11.7 Å². The topological polar surface area (TPSA) is 72.3 Å². The molecule has 6 nitrogen and oxygen atoms in total. The molecule has 0 bridgehead atoms. The van der Waals surface area contributed by atoms with Crippen LogP contribution in [-0.4, -0.2) is 42.1 Å². The van der Waals surface area contributed by atoms with Crippen LogP contribution in [-0.2, 0) is 6.54 Å². The number of rotatable bonds is 3. The average Bonchev–Trinajstić information content (AvgIpc) is 2.67. The zero-order valence-electron chi connectivity index (χ0n) is 13.4. The summed E-state index contributed by atoms with van der Waals surface area (Å²) < 4.78 is 0. The highest BCUT2D eigenvalue weighted by Crippen LogP contribution is 2.17. The smallest absolute Gasteiger partial charge is 0.317 e. The number of piperazine rings is 1. The van der Waals surface area contributed by atoms with Crippen molar-refractivity contribution in [2.75, 3.05) is 31.1 Å². The van der Waals surface area contributed by atoms with Crippen molar-refractivity contribution in [2.45, 2.75) is 6.54 Å². The second kappa shape index (κ2) is 7.47. The van der Waals surface area contributed by atoms with Crippen molar-refractivity contribution in [3.05, 3.63) is 59.9 Å². The molecule has 2 heterocycles. The minimum absolute atomic E-state index is 0.0516. The molecule has 1 aliphatic heterocycles. The zero-order valence-corrected chi connectivity index (χ0v) is 13.4. The summed E-state index contributed by atoms with van der Waals surface area (Å²) in [7, 11) is 0. The fraction of sp³-hybridized carbons (Fsp3) is 0.278. The van der Waals surface area contributed by atoms with E-state index in [1.54, 1.807) is 18.5 Å². The molecule has 1 N–H and O–H groups in total. The summed E-state index contributed by atoms with van der Waals surface area (Å²) in [4.78, 5) is 20.3. The number of aromatic nitrogens is 1. The van der Waals surface area contributed by atoms with Crippen LogP contribution in [0.5, 0.6) is 0 Å². The molecule has 1 fully saturated rings. The molecule has 24 heavy (non-hydrogen) atoms. The Morgan fingerprint density at radius 3 is 2.75 bits per heavy atom. The van der Waals surface area contributed by atoms with E-state index in [2.05, 4.69) is 21.3 Å². The second-order valence-electron chi connectivity index (χ2n) is 5.66. The van der Waals surface area contributed by atoms with Crippen molar-refractivity contribution in [1.29, 1.82) is 5.26 Å². The summed E-state index contributed by atoms with van der Waals surface area (Å²) >= 11 is 0. The Balaban J connectivity index is 1.51. The first-order valence-electron chi connectivity index (χ1n) is 7.93. The van der Waals surface area contributed by atoms with Crippen molar-refractivity contribution in [3.63, 3.8) is 0 Å². The van der Waals surface area contributed by atoms with Crippen LogP contribution in [0.4, 0.5) is 10.5 Å². The van der Waals surface area contributed by atoms with E-state index in [-0.39, 0.29) is 6.03 Å². The quantitative estimate of drug-likeness (QED) is 0.938. The molecule has 0 atom stereocenters. The summed E-state index contributed by atoms with van der Waals surface area (Å²) in [5, 5.41) is 11.9. The number of urea groups is 1. The molecule has 3 rings (SSSR count). The monoisotopic (exact) mass is 321 g/mol.